The number of amides is 2. The highest BCUT2D eigenvalue weighted by Gasteiger charge is 2.19. The molecule has 0 spiro atoms. The van der Waals surface area contributed by atoms with Crippen LogP contribution in [0.3, 0.4) is 0 Å². The van der Waals surface area contributed by atoms with E-state index in [1.807, 2.05) is 6.92 Å². The van der Waals surface area contributed by atoms with Gasteiger partial charge in [0.05, 0.1) is 17.6 Å². The van der Waals surface area contributed by atoms with Gasteiger partial charge >= 0.3 is 0 Å². The van der Waals surface area contributed by atoms with E-state index in [1.165, 1.54) is 43.5 Å². The van der Waals surface area contributed by atoms with E-state index < -0.39 is 16.7 Å². The molecule has 0 aromatic heterocycles. The highest BCUT2D eigenvalue weighted by molar-refractivity contribution is 9.10. The first-order valence-electron chi connectivity index (χ1n) is 9.86. The molecule has 0 heterocycles. The van der Waals surface area contributed by atoms with Crippen molar-refractivity contribution in [3.8, 4) is 5.75 Å². The minimum absolute atomic E-state index is 0.118. The molecule has 2 amide bonds. The van der Waals surface area contributed by atoms with Crippen molar-refractivity contribution in [3.05, 3.63) is 103 Å². The van der Waals surface area contributed by atoms with E-state index in [9.17, 15) is 19.7 Å². The number of halogens is 2. The number of nitro groups is 1. The third kappa shape index (κ3) is 6.21. The molecular weight excluding hydrogens is 526 g/mol. The van der Waals surface area contributed by atoms with Gasteiger partial charge in [-0.2, -0.15) is 0 Å². The van der Waals surface area contributed by atoms with Gasteiger partial charge in [0.15, 0.2) is 0 Å². The Morgan fingerprint density at radius 1 is 1.12 bits per heavy atom. The van der Waals surface area contributed by atoms with E-state index in [1.54, 1.807) is 30.3 Å². The minimum Gasteiger partial charge on any atom is -0.496 e. The molecule has 10 heteroatoms. The molecule has 0 saturated heterocycles. The van der Waals surface area contributed by atoms with Gasteiger partial charge in [-0.15, -0.1) is 0 Å². The van der Waals surface area contributed by atoms with Crippen molar-refractivity contribution >= 4 is 56.8 Å². The Hall–Kier alpha value is -3.69. The quantitative estimate of drug-likeness (QED) is 0.224. The van der Waals surface area contributed by atoms with Crippen LogP contribution in [-0.2, 0) is 4.79 Å². The van der Waals surface area contributed by atoms with E-state index in [0.29, 0.717) is 16.3 Å². The molecule has 0 unspecified atom stereocenters. The van der Waals surface area contributed by atoms with Crippen molar-refractivity contribution in [2.45, 2.75) is 6.92 Å². The number of non-ortho nitro benzene ring substituents is 1. The number of carbonyl (C=O) groups excluding carboxylic acids is 2. The molecule has 0 bridgehead atoms. The maximum absolute atomic E-state index is 13.1. The van der Waals surface area contributed by atoms with Crippen LogP contribution >= 0.6 is 27.5 Å². The van der Waals surface area contributed by atoms with Crippen molar-refractivity contribution in [1.82, 2.24) is 5.32 Å². The second-order valence-electron chi connectivity index (χ2n) is 7.13. The Labute approximate surface area is 208 Å². The van der Waals surface area contributed by atoms with Crippen molar-refractivity contribution < 1.29 is 19.2 Å². The molecule has 174 valence electrons. The number of hydrogen-bond donors (Lipinski definition) is 2. The number of ether oxygens (including phenoxy) is 1. The number of nitro benzene ring substituents is 1. The number of carbonyl (C=O) groups is 2. The van der Waals surface area contributed by atoms with E-state index >= 15 is 0 Å². The molecule has 2 N–H and O–H groups in total. The highest BCUT2D eigenvalue weighted by atomic mass is 79.9. The molecule has 0 aliphatic rings. The molecule has 3 rings (SSSR count). The third-order valence-corrected chi connectivity index (χ3v) is 5.83. The summed E-state index contributed by atoms with van der Waals surface area (Å²) in [5.41, 5.74) is 1.59. The molecule has 8 nitrogen and oxygen atoms in total. The average molecular weight is 545 g/mol. The number of hydrogen-bond acceptors (Lipinski definition) is 5. The lowest BCUT2D eigenvalue weighted by Gasteiger charge is -2.14. The Bertz CT molecular complexity index is 1310. The summed E-state index contributed by atoms with van der Waals surface area (Å²) in [4.78, 5) is 36.7. The van der Waals surface area contributed by atoms with Crippen LogP contribution in [0, 0.1) is 17.0 Å². The summed E-state index contributed by atoms with van der Waals surface area (Å²) in [6.45, 7) is 1.87. The second-order valence-corrected chi connectivity index (χ2v) is 8.42. The lowest BCUT2D eigenvalue weighted by atomic mass is 10.1. The number of rotatable bonds is 7. The van der Waals surface area contributed by atoms with Crippen LogP contribution in [0.2, 0.25) is 5.02 Å². The summed E-state index contributed by atoms with van der Waals surface area (Å²) in [6.07, 6.45) is 1.35. The monoisotopic (exact) mass is 543 g/mol. The summed E-state index contributed by atoms with van der Waals surface area (Å²) in [7, 11) is 1.41. The zero-order chi connectivity index (χ0) is 24.8. The van der Waals surface area contributed by atoms with Gasteiger partial charge in [-0.1, -0.05) is 39.7 Å². The first kappa shape index (κ1) is 24.9. The van der Waals surface area contributed by atoms with Crippen LogP contribution in [-0.4, -0.2) is 23.8 Å². The van der Waals surface area contributed by atoms with E-state index in [0.717, 1.165) is 10.0 Å². The molecule has 34 heavy (non-hydrogen) atoms. The zero-order valence-electron chi connectivity index (χ0n) is 18.1. The maximum Gasteiger partial charge on any atom is 0.272 e. The van der Waals surface area contributed by atoms with E-state index in [2.05, 4.69) is 26.6 Å². The Morgan fingerprint density at radius 2 is 1.88 bits per heavy atom. The fraction of sp³-hybridized carbons (Fsp3) is 0.0833. The predicted octanol–water partition coefficient (Wildman–Crippen LogP) is 5.74. The molecular formula is C24H19BrClN3O5. The fourth-order valence-electron chi connectivity index (χ4n) is 3.02. The Balaban J connectivity index is 1.99. The zero-order valence-corrected chi connectivity index (χ0v) is 20.4. The first-order chi connectivity index (χ1) is 16.2. The van der Waals surface area contributed by atoms with Gasteiger partial charge < -0.3 is 15.4 Å². The largest absolute Gasteiger partial charge is 0.496 e. The number of aryl methyl sites for hydroxylation is 1. The molecule has 0 saturated carbocycles. The normalized spacial score (nSPS) is 11.0. The third-order valence-electron chi connectivity index (χ3n) is 4.71. The lowest BCUT2D eigenvalue weighted by molar-refractivity contribution is -0.384. The molecule has 0 radical (unpaired) electrons. The lowest BCUT2D eigenvalue weighted by Crippen LogP contribution is -2.31. The van der Waals surface area contributed by atoms with Crippen molar-refractivity contribution in [2.24, 2.45) is 0 Å². The Morgan fingerprint density at radius 3 is 2.56 bits per heavy atom. The fourth-order valence-corrected chi connectivity index (χ4v) is 3.44. The van der Waals surface area contributed by atoms with Crippen LogP contribution in [0.4, 0.5) is 11.4 Å². The highest BCUT2D eigenvalue weighted by Crippen LogP contribution is 2.24. The standard InChI is InChI=1S/C24H19BrClN3O5/c1-14-10-17(7-8-20(14)25)27-24(31)21(12-15-4-3-5-18(11-15)29(32)33)28-23(30)19-13-16(26)6-9-22(19)34-2/h3-13H,1-2H3,(H,27,31)(H,28,30). The first-order valence-corrected chi connectivity index (χ1v) is 11.0. The number of nitrogens with one attached hydrogen (secondary N) is 2. The van der Waals surface area contributed by atoms with Gasteiger partial charge in [0.1, 0.15) is 11.4 Å². The molecule has 0 aliphatic carbocycles. The van der Waals surface area contributed by atoms with E-state index in [-0.39, 0.29) is 22.7 Å². The average Bonchev–Trinajstić information content (AvgIpc) is 2.81. The molecule has 0 fully saturated rings. The SMILES string of the molecule is COc1ccc(Cl)cc1C(=O)NC(=Cc1cccc([N+](=O)[O-])c1)C(=O)Nc1ccc(Br)c(C)c1. The van der Waals surface area contributed by atoms with Gasteiger partial charge in [0.25, 0.3) is 17.5 Å². The van der Waals surface area contributed by atoms with Crippen LogP contribution in [0.15, 0.2) is 70.8 Å². The molecule has 0 aliphatic heterocycles. The summed E-state index contributed by atoms with van der Waals surface area (Å²) in [5, 5.41) is 16.8. The van der Waals surface area contributed by atoms with Gasteiger partial charge in [0, 0.05) is 27.3 Å². The second kappa shape index (κ2) is 11.0. The summed E-state index contributed by atoms with van der Waals surface area (Å²) in [6, 6.07) is 15.4. The van der Waals surface area contributed by atoms with Crippen LogP contribution in [0.5, 0.6) is 5.75 Å². The number of methoxy groups -OCH3 is 1. The maximum atomic E-state index is 13.1. The van der Waals surface area contributed by atoms with E-state index in [4.69, 9.17) is 16.3 Å². The summed E-state index contributed by atoms with van der Waals surface area (Å²) in [5.74, 6) is -0.999. The number of anilines is 1. The smallest absolute Gasteiger partial charge is 0.272 e. The van der Waals surface area contributed by atoms with Crippen molar-refractivity contribution in [2.75, 3.05) is 12.4 Å². The van der Waals surface area contributed by atoms with Gasteiger partial charge in [-0.05, 0) is 60.5 Å². The minimum atomic E-state index is -0.641. The van der Waals surface area contributed by atoms with Crippen molar-refractivity contribution in [3.63, 3.8) is 0 Å². The number of nitrogens with zero attached hydrogens (tertiary/aromatic N) is 1. The van der Waals surface area contributed by atoms with Gasteiger partial charge in [-0.3, -0.25) is 19.7 Å². The van der Waals surface area contributed by atoms with Gasteiger partial charge in [0.2, 0.25) is 0 Å². The van der Waals surface area contributed by atoms with Gasteiger partial charge in [-0.25, -0.2) is 0 Å². The predicted molar refractivity (Wildman–Crippen MR) is 134 cm³/mol. The van der Waals surface area contributed by atoms with Crippen LogP contribution in [0.1, 0.15) is 21.5 Å². The molecule has 3 aromatic rings. The Kier molecular flexibility index (Phi) is 8.04. The van der Waals surface area contributed by atoms with Crippen LogP contribution < -0.4 is 15.4 Å². The van der Waals surface area contributed by atoms with Crippen molar-refractivity contribution in [1.29, 1.82) is 0 Å². The summed E-state index contributed by atoms with van der Waals surface area (Å²) < 4.78 is 6.10. The van der Waals surface area contributed by atoms with Crippen LogP contribution in [0.25, 0.3) is 6.08 Å². The molecule has 0 atom stereocenters. The summed E-state index contributed by atoms with van der Waals surface area (Å²) >= 11 is 9.44. The topological polar surface area (TPSA) is 111 Å². The number of benzene rings is 3. The molecule has 3 aromatic carbocycles.